The van der Waals surface area contributed by atoms with E-state index in [1.54, 1.807) is 18.2 Å². The van der Waals surface area contributed by atoms with Crippen LogP contribution in [0.4, 0.5) is 0 Å². The van der Waals surface area contributed by atoms with Gasteiger partial charge in [-0.05, 0) is 31.7 Å². The van der Waals surface area contributed by atoms with Crippen LogP contribution in [0.3, 0.4) is 0 Å². The van der Waals surface area contributed by atoms with E-state index in [1.807, 2.05) is 11.0 Å². The number of aromatic hydroxyl groups is 1. The first-order chi connectivity index (χ1) is 9.22. The van der Waals surface area contributed by atoms with Crippen molar-refractivity contribution in [3.8, 4) is 5.75 Å². The lowest BCUT2D eigenvalue weighted by Crippen LogP contribution is -2.36. The van der Waals surface area contributed by atoms with Crippen molar-refractivity contribution < 1.29 is 15.0 Å². The number of para-hydroxylation sites is 1. The molecule has 2 rings (SSSR count). The fourth-order valence-corrected chi connectivity index (χ4v) is 2.72. The number of likely N-dealkylation sites (tertiary alicyclic amines) is 1. The second-order valence-corrected chi connectivity index (χ2v) is 5.05. The van der Waals surface area contributed by atoms with Crippen LogP contribution in [0.5, 0.6) is 5.75 Å². The molecule has 0 bridgehead atoms. The van der Waals surface area contributed by atoms with Gasteiger partial charge in [0.05, 0.1) is 6.42 Å². The van der Waals surface area contributed by atoms with E-state index in [4.69, 9.17) is 5.11 Å². The van der Waals surface area contributed by atoms with Crippen LogP contribution >= 0.6 is 0 Å². The molecule has 4 nitrogen and oxygen atoms in total. The van der Waals surface area contributed by atoms with E-state index in [0.29, 0.717) is 5.56 Å². The zero-order valence-corrected chi connectivity index (χ0v) is 11.1. The Morgan fingerprint density at radius 2 is 2.16 bits per heavy atom. The van der Waals surface area contributed by atoms with E-state index in [1.165, 1.54) is 0 Å². The summed E-state index contributed by atoms with van der Waals surface area (Å²) in [4.78, 5) is 14.2. The quantitative estimate of drug-likeness (QED) is 0.850. The largest absolute Gasteiger partial charge is 0.508 e. The molecular weight excluding hydrogens is 242 g/mol. The number of amides is 1. The summed E-state index contributed by atoms with van der Waals surface area (Å²) < 4.78 is 0. The van der Waals surface area contributed by atoms with Crippen molar-refractivity contribution in [2.75, 3.05) is 13.2 Å². The molecule has 1 aromatic rings. The minimum absolute atomic E-state index is 0.0712. The van der Waals surface area contributed by atoms with Crippen molar-refractivity contribution in [1.82, 2.24) is 4.90 Å². The third kappa shape index (κ3) is 3.47. The molecule has 1 aliphatic heterocycles. The molecule has 1 fully saturated rings. The van der Waals surface area contributed by atoms with E-state index in [-0.39, 0.29) is 30.7 Å². The lowest BCUT2D eigenvalue weighted by molar-refractivity contribution is -0.131. The van der Waals surface area contributed by atoms with Gasteiger partial charge in [-0.15, -0.1) is 0 Å². The number of aliphatic hydroxyl groups is 1. The van der Waals surface area contributed by atoms with Crippen molar-refractivity contribution in [1.29, 1.82) is 0 Å². The number of rotatable bonds is 5. The van der Waals surface area contributed by atoms with E-state index >= 15 is 0 Å². The zero-order valence-electron chi connectivity index (χ0n) is 11.1. The third-order valence-corrected chi connectivity index (χ3v) is 3.73. The van der Waals surface area contributed by atoms with Gasteiger partial charge in [0.1, 0.15) is 5.75 Å². The summed E-state index contributed by atoms with van der Waals surface area (Å²) >= 11 is 0. The molecule has 1 aromatic carbocycles. The molecule has 1 unspecified atom stereocenters. The summed E-state index contributed by atoms with van der Waals surface area (Å²) in [5, 5.41) is 18.6. The maximum atomic E-state index is 12.3. The molecule has 19 heavy (non-hydrogen) atoms. The Balaban J connectivity index is 1.97. The smallest absolute Gasteiger partial charge is 0.227 e. The lowest BCUT2D eigenvalue weighted by atomic mass is 10.1. The Morgan fingerprint density at radius 3 is 2.89 bits per heavy atom. The number of hydrogen-bond acceptors (Lipinski definition) is 3. The summed E-state index contributed by atoms with van der Waals surface area (Å²) in [5.41, 5.74) is 0.681. The van der Waals surface area contributed by atoms with Gasteiger partial charge in [-0.3, -0.25) is 4.79 Å². The molecule has 0 spiro atoms. The average Bonchev–Trinajstić information content (AvgIpc) is 2.87. The fourth-order valence-electron chi connectivity index (χ4n) is 2.72. The summed E-state index contributed by atoms with van der Waals surface area (Å²) in [6.45, 7) is 0.973. The van der Waals surface area contributed by atoms with Gasteiger partial charge in [0, 0.05) is 24.8 Å². The molecule has 1 aliphatic rings. The molecule has 2 N–H and O–H groups in total. The van der Waals surface area contributed by atoms with Gasteiger partial charge in [-0.1, -0.05) is 18.2 Å². The van der Waals surface area contributed by atoms with Crippen molar-refractivity contribution in [2.45, 2.75) is 38.1 Å². The first-order valence-electron chi connectivity index (χ1n) is 6.89. The highest BCUT2D eigenvalue weighted by Crippen LogP contribution is 2.24. The van der Waals surface area contributed by atoms with Crippen molar-refractivity contribution in [2.24, 2.45) is 0 Å². The number of carbonyl (C=O) groups is 1. The second kappa shape index (κ2) is 6.57. The van der Waals surface area contributed by atoms with Gasteiger partial charge in [0.25, 0.3) is 0 Å². The Bertz CT molecular complexity index is 433. The molecule has 0 radical (unpaired) electrons. The molecule has 1 amide bonds. The number of phenols is 1. The van der Waals surface area contributed by atoms with Crippen molar-refractivity contribution >= 4 is 5.91 Å². The Kier molecular flexibility index (Phi) is 4.80. The number of carbonyl (C=O) groups excluding carboxylic acids is 1. The first kappa shape index (κ1) is 13.9. The van der Waals surface area contributed by atoms with E-state index in [9.17, 15) is 9.90 Å². The number of benzene rings is 1. The molecular formula is C15H21NO3. The predicted molar refractivity (Wildman–Crippen MR) is 72.9 cm³/mol. The van der Waals surface area contributed by atoms with Crippen LogP contribution in [0.1, 0.15) is 31.2 Å². The summed E-state index contributed by atoms with van der Waals surface area (Å²) in [6, 6.07) is 7.23. The Hall–Kier alpha value is -1.55. The third-order valence-electron chi connectivity index (χ3n) is 3.73. The van der Waals surface area contributed by atoms with Crippen LogP contribution in [0.15, 0.2) is 24.3 Å². The molecule has 0 aliphatic carbocycles. The van der Waals surface area contributed by atoms with Crippen LogP contribution in [0, 0.1) is 0 Å². The summed E-state index contributed by atoms with van der Waals surface area (Å²) in [6.07, 6.45) is 3.91. The number of phenolic OH excluding ortho intramolecular Hbond substituents is 1. The van der Waals surface area contributed by atoms with Crippen LogP contribution in [-0.4, -0.2) is 40.2 Å². The highest BCUT2D eigenvalue weighted by Gasteiger charge is 2.28. The van der Waals surface area contributed by atoms with Crippen LogP contribution in [0.2, 0.25) is 0 Å². The fraction of sp³-hybridized carbons (Fsp3) is 0.533. The number of aliphatic hydroxyl groups excluding tert-OH is 1. The van der Waals surface area contributed by atoms with Gasteiger partial charge in [0.2, 0.25) is 5.91 Å². The maximum absolute atomic E-state index is 12.3. The Labute approximate surface area is 113 Å². The van der Waals surface area contributed by atoms with Crippen LogP contribution in [0.25, 0.3) is 0 Å². The zero-order chi connectivity index (χ0) is 13.7. The summed E-state index contributed by atoms with van der Waals surface area (Å²) in [5.74, 6) is 0.254. The standard InChI is InChI=1S/C15H21NO3/c17-10-4-7-13-6-3-9-16(13)15(19)11-12-5-1-2-8-14(12)18/h1-2,5,8,13,17-18H,3-4,6-7,9-11H2. The van der Waals surface area contributed by atoms with Gasteiger partial charge in [0.15, 0.2) is 0 Å². The van der Waals surface area contributed by atoms with Crippen molar-refractivity contribution in [3.63, 3.8) is 0 Å². The second-order valence-electron chi connectivity index (χ2n) is 5.05. The van der Waals surface area contributed by atoms with Gasteiger partial charge in [-0.25, -0.2) is 0 Å². The molecule has 1 atom stereocenters. The van der Waals surface area contributed by atoms with Crippen molar-refractivity contribution in [3.05, 3.63) is 29.8 Å². The van der Waals surface area contributed by atoms with E-state index in [0.717, 1.165) is 32.2 Å². The summed E-state index contributed by atoms with van der Waals surface area (Å²) in [7, 11) is 0. The van der Waals surface area contributed by atoms with Crippen LogP contribution in [-0.2, 0) is 11.2 Å². The molecule has 0 saturated carbocycles. The monoisotopic (exact) mass is 263 g/mol. The molecule has 1 heterocycles. The SMILES string of the molecule is O=C(Cc1ccccc1O)N1CCCC1CCCO. The van der Waals surface area contributed by atoms with Gasteiger partial charge in [-0.2, -0.15) is 0 Å². The minimum atomic E-state index is 0.0712. The predicted octanol–water partition coefficient (Wildman–Crippen LogP) is 1.70. The highest BCUT2D eigenvalue weighted by molar-refractivity contribution is 5.80. The molecule has 0 aromatic heterocycles. The number of hydrogen-bond donors (Lipinski definition) is 2. The molecule has 104 valence electrons. The first-order valence-corrected chi connectivity index (χ1v) is 6.89. The van der Waals surface area contributed by atoms with Crippen LogP contribution < -0.4 is 0 Å². The lowest BCUT2D eigenvalue weighted by Gasteiger charge is -2.24. The molecule has 1 saturated heterocycles. The maximum Gasteiger partial charge on any atom is 0.227 e. The number of nitrogens with zero attached hydrogens (tertiary/aromatic N) is 1. The van der Waals surface area contributed by atoms with Gasteiger partial charge < -0.3 is 15.1 Å². The topological polar surface area (TPSA) is 60.8 Å². The highest BCUT2D eigenvalue weighted by atomic mass is 16.3. The minimum Gasteiger partial charge on any atom is -0.508 e. The van der Waals surface area contributed by atoms with E-state index in [2.05, 4.69) is 0 Å². The normalized spacial score (nSPS) is 18.8. The Morgan fingerprint density at radius 1 is 1.37 bits per heavy atom. The van der Waals surface area contributed by atoms with Gasteiger partial charge >= 0.3 is 0 Å². The average molecular weight is 263 g/mol. The molecule has 4 heteroatoms. The van der Waals surface area contributed by atoms with E-state index < -0.39 is 0 Å².